The van der Waals surface area contributed by atoms with Gasteiger partial charge in [-0.3, -0.25) is 9.59 Å². The number of amides is 1. The molecule has 1 N–H and O–H groups in total. The number of esters is 1. The molecular formula is C30H27N3O5. The van der Waals surface area contributed by atoms with Crippen molar-refractivity contribution >= 4 is 11.9 Å². The summed E-state index contributed by atoms with van der Waals surface area (Å²) < 4.78 is 17.1. The van der Waals surface area contributed by atoms with E-state index in [0.29, 0.717) is 72.0 Å². The Morgan fingerprint density at radius 3 is 1.74 bits per heavy atom. The largest absolute Gasteiger partial charge is 0.466 e. The smallest absolute Gasteiger partial charge is 0.308 e. The number of nitriles is 2. The lowest BCUT2D eigenvalue weighted by molar-refractivity contribution is -0.149. The lowest BCUT2D eigenvalue weighted by Gasteiger charge is -2.28. The fourth-order valence-corrected chi connectivity index (χ4v) is 4.29. The molecule has 3 aromatic rings. The number of carbonyl (C=O) groups excluding carboxylic acids is 2. The van der Waals surface area contributed by atoms with E-state index in [4.69, 9.17) is 24.7 Å². The highest BCUT2D eigenvalue weighted by atomic mass is 16.5. The zero-order valence-corrected chi connectivity index (χ0v) is 21.0. The third-order valence-corrected chi connectivity index (χ3v) is 6.26. The first-order valence-electron chi connectivity index (χ1n) is 12.5. The van der Waals surface area contributed by atoms with Crippen LogP contribution in [0.15, 0.2) is 66.7 Å². The second kappa shape index (κ2) is 12.4. The zero-order valence-electron chi connectivity index (χ0n) is 21.0. The van der Waals surface area contributed by atoms with Gasteiger partial charge in [0.1, 0.15) is 23.0 Å². The van der Waals surface area contributed by atoms with Crippen molar-refractivity contribution in [3.63, 3.8) is 0 Å². The van der Waals surface area contributed by atoms with Gasteiger partial charge in [0.05, 0.1) is 35.8 Å². The minimum atomic E-state index is -0.278. The summed E-state index contributed by atoms with van der Waals surface area (Å²) in [6.07, 6.45) is 2.70. The van der Waals surface area contributed by atoms with Crippen LogP contribution in [0, 0.1) is 28.6 Å². The number of rotatable bonds is 8. The Kier molecular flexibility index (Phi) is 8.58. The highest BCUT2D eigenvalue weighted by molar-refractivity contribution is 5.95. The first-order valence-corrected chi connectivity index (χ1v) is 12.5. The maximum atomic E-state index is 13.2. The maximum Gasteiger partial charge on any atom is 0.308 e. The van der Waals surface area contributed by atoms with E-state index in [1.807, 2.05) is 0 Å². The molecule has 0 bridgehead atoms. The van der Waals surface area contributed by atoms with Gasteiger partial charge in [0.2, 0.25) is 0 Å². The molecule has 1 aliphatic carbocycles. The molecule has 1 amide bonds. The number of carbonyl (C=O) groups is 2. The van der Waals surface area contributed by atoms with Gasteiger partial charge >= 0.3 is 5.97 Å². The van der Waals surface area contributed by atoms with E-state index < -0.39 is 0 Å². The van der Waals surface area contributed by atoms with Gasteiger partial charge < -0.3 is 19.5 Å². The van der Waals surface area contributed by atoms with Crippen molar-refractivity contribution in [2.24, 2.45) is 5.92 Å². The zero-order chi connectivity index (χ0) is 26.9. The van der Waals surface area contributed by atoms with Crippen LogP contribution in [0.1, 0.15) is 54.1 Å². The van der Waals surface area contributed by atoms with Crippen molar-refractivity contribution in [1.82, 2.24) is 5.32 Å². The Morgan fingerprint density at radius 2 is 1.29 bits per heavy atom. The predicted molar refractivity (Wildman–Crippen MR) is 139 cm³/mol. The van der Waals surface area contributed by atoms with Gasteiger partial charge in [0, 0.05) is 17.7 Å². The third kappa shape index (κ3) is 6.89. The number of benzene rings is 3. The van der Waals surface area contributed by atoms with Gasteiger partial charge in [-0.05, 0) is 93.3 Å². The van der Waals surface area contributed by atoms with Crippen molar-refractivity contribution in [2.45, 2.75) is 38.6 Å². The van der Waals surface area contributed by atoms with E-state index in [1.165, 1.54) is 0 Å². The summed E-state index contributed by atoms with van der Waals surface area (Å²) >= 11 is 0. The molecule has 0 heterocycles. The maximum absolute atomic E-state index is 13.2. The topological polar surface area (TPSA) is 121 Å². The van der Waals surface area contributed by atoms with E-state index in [2.05, 4.69) is 17.5 Å². The predicted octanol–water partition coefficient (Wildman–Crippen LogP) is 5.87. The molecule has 38 heavy (non-hydrogen) atoms. The lowest BCUT2D eigenvalue weighted by atomic mass is 9.86. The minimum absolute atomic E-state index is 0.0563. The average Bonchev–Trinajstić information content (AvgIpc) is 2.94. The van der Waals surface area contributed by atoms with Gasteiger partial charge in [0.25, 0.3) is 5.91 Å². The van der Waals surface area contributed by atoms with Crippen LogP contribution in [0.5, 0.6) is 23.0 Å². The number of hydrogen-bond donors (Lipinski definition) is 1. The molecule has 3 aromatic carbocycles. The van der Waals surface area contributed by atoms with Gasteiger partial charge in [-0.25, -0.2) is 0 Å². The average molecular weight is 510 g/mol. The molecule has 1 aliphatic rings. The van der Waals surface area contributed by atoms with E-state index in [-0.39, 0.29) is 23.8 Å². The molecule has 0 saturated heterocycles. The molecule has 1 saturated carbocycles. The second-order valence-electron chi connectivity index (χ2n) is 8.94. The first kappa shape index (κ1) is 26.2. The number of ether oxygens (including phenoxy) is 3. The first-order chi connectivity index (χ1) is 18.5. The Hall–Kier alpha value is -4.82. The summed E-state index contributed by atoms with van der Waals surface area (Å²) in [5, 5.41) is 21.1. The lowest BCUT2D eigenvalue weighted by Crippen LogP contribution is -2.39. The van der Waals surface area contributed by atoms with Crippen LogP contribution in [0.4, 0.5) is 0 Å². The molecule has 8 heteroatoms. The summed E-state index contributed by atoms with van der Waals surface area (Å²) in [7, 11) is 0. The van der Waals surface area contributed by atoms with E-state index >= 15 is 0 Å². The Morgan fingerprint density at radius 1 is 0.789 bits per heavy atom. The minimum Gasteiger partial charge on any atom is -0.466 e. The summed E-state index contributed by atoms with van der Waals surface area (Å²) in [6.45, 7) is 2.16. The molecule has 0 radical (unpaired) electrons. The monoisotopic (exact) mass is 509 g/mol. The van der Waals surface area contributed by atoms with Crippen molar-refractivity contribution in [3.8, 4) is 35.1 Å². The molecule has 192 valence electrons. The molecule has 0 aromatic heterocycles. The molecule has 0 atom stereocenters. The summed E-state index contributed by atoms with van der Waals surface area (Å²) in [5.41, 5.74) is 1.37. The summed E-state index contributed by atoms with van der Waals surface area (Å²) in [6, 6.07) is 22.3. The van der Waals surface area contributed by atoms with Crippen LogP contribution < -0.4 is 14.8 Å². The Balaban J connectivity index is 1.51. The van der Waals surface area contributed by atoms with Crippen LogP contribution in [0.3, 0.4) is 0 Å². The molecule has 8 nitrogen and oxygen atoms in total. The van der Waals surface area contributed by atoms with E-state index in [1.54, 1.807) is 73.7 Å². The molecule has 0 spiro atoms. The Labute approximate surface area is 221 Å². The van der Waals surface area contributed by atoms with Gasteiger partial charge in [-0.1, -0.05) is 0 Å². The van der Waals surface area contributed by atoms with Crippen molar-refractivity contribution < 1.29 is 23.8 Å². The standard InChI is InChI=1S/C30H27N3O5/c1-2-36-30(35)22-7-9-24(10-8-22)33-29(34)23-15-27(37-25-11-3-20(18-31)4-12-25)17-28(16-23)38-26-13-5-21(19-32)6-14-26/h3-6,11-17,22,24H,2,7-10H2,1H3,(H,33,34). The van der Waals surface area contributed by atoms with Crippen LogP contribution >= 0.6 is 0 Å². The SMILES string of the molecule is CCOC(=O)C1CCC(NC(=O)c2cc(Oc3ccc(C#N)cc3)cc(Oc3ccc(C#N)cc3)c2)CC1. The van der Waals surface area contributed by atoms with E-state index in [9.17, 15) is 9.59 Å². The van der Waals surface area contributed by atoms with Gasteiger partial charge in [-0.2, -0.15) is 10.5 Å². The number of nitrogens with zero attached hydrogens (tertiary/aromatic N) is 2. The quantitative estimate of drug-likeness (QED) is 0.377. The molecule has 0 aliphatic heterocycles. The van der Waals surface area contributed by atoms with Crippen LogP contribution in [0.2, 0.25) is 0 Å². The third-order valence-electron chi connectivity index (χ3n) is 6.26. The van der Waals surface area contributed by atoms with Gasteiger partial charge in [0.15, 0.2) is 0 Å². The van der Waals surface area contributed by atoms with Crippen LogP contribution in [0.25, 0.3) is 0 Å². The van der Waals surface area contributed by atoms with Crippen LogP contribution in [-0.4, -0.2) is 24.5 Å². The molecule has 0 unspecified atom stereocenters. The van der Waals surface area contributed by atoms with Crippen molar-refractivity contribution in [3.05, 3.63) is 83.4 Å². The van der Waals surface area contributed by atoms with Gasteiger partial charge in [-0.15, -0.1) is 0 Å². The highest BCUT2D eigenvalue weighted by Gasteiger charge is 2.28. The number of nitrogens with one attached hydrogen (secondary N) is 1. The van der Waals surface area contributed by atoms with Crippen molar-refractivity contribution in [1.29, 1.82) is 10.5 Å². The summed E-state index contributed by atoms with van der Waals surface area (Å²) in [4.78, 5) is 25.2. The second-order valence-corrected chi connectivity index (χ2v) is 8.94. The fourth-order valence-electron chi connectivity index (χ4n) is 4.29. The Bertz CT molecular complexity index is 1290. The molecular weight excluding hydrogens is 482 g/mol. The normalized spacial score (nSPS) is 16.4. The highest BCUT2D eigenvalue weighted by Crippen LogP contribution is 2.31. The fraction of sp³-hybridized carbons (Fsp3) is 0.267. The van der Waals surface area contributed by atoms with Crippen LogP contribution in [-0.2, 0) is 9.53 Å². The molecule has 4 rings (SSSR count). The molecule has 1 fully saturated rings. The van der Waals surface area contributed by atoms with Crippen molar-refractivity contribution in [2.75, 3.05) is 6.61 Å². The summed E-state index contributed by atoms with van der Waals surface area (Å²) in [5.74, 6) is 1.20. The van der Waals surface area contributed by atoms with E-state index in [0.717, 1.165) is 0 Å². The number of hydrogen-bond acceptors (Lipinski definition) is 7.